The number of nitrogens with zero attached hydrogens (tertiary/aromatic N) is 1. The molecule has 1 aromatic heterocycles. The predicted octanol–water partition coefficient (Wildman–Crippen LogP) is 2.33. The van der Waals surface area contributed by atoms with Gasteiger partial charge in [0.2, 0.25) is 0 Å². The van der Waals surface area contributed by atoms with E-state index in [0.29, 0.717) is 5.75 Å². The van der Waals surface area contributed by atoms with Gasteiger partial charge in [-0.3, -0.25) is 25.4 Å². The number of carbonyl (C=O) groups is 2. The first-order valence-corrected chi connectivity index (χ1v) is 7.88. The summed E-state index contributed by atoms with van der Waals surface area (Å²) in [5, 5.41) is 0. The number of hydrogen-bond donors (Lipinski definition) is 2. The van der Waals surface area contributed by atoms with Crippen LogP contribution < -0.4 is 15.6 Å². The fourth-order valence-corrected chi connectivity index (χ4v) is 2.01. The first kappa shape index (κ1) is 18.2. The first-order valence-electron chi connectivity index (χ1n) is 7.88. The molecular formula is C19H21N3O3. The van der Waals surface area contributed by atoms with Gasteiger partial charge in [-0.15, -0.1) is 0 Å². The van der Waals surface area contributed by atoms with Gasteiger partial charge in [-0.25, -0.2) is 0 Å². The molecule has 0 aliphatic heterocycles. The number of hydrogen-bond acceptors (Lipinski definition) is 4. The monoisotopic (exact) mass is 339 g/mol. The molecule has 0 aliphatic rings. The molecule has 0 radical (unpaired) electrons. The van der Waals surface area contributed by atoms with Crippen LogP contribution in [0.15, 0.2) is 48.8 Å². The molecule has 1 atom stereocenters. The summed E-state index contributed by atoms with van der Waals surface area (Å²) in [7, 11) is 0. The van der Waals surface area contributed by atoms with Gasteiger partial charge in [-0.2, -0.15) is 0 Å². The summed E-state index contributed by atoms with van der Waals surface area (Å²) in [5.41, 5.74) is 7.51. The maximum Gasteiger partial charge on any atom is 0.279 e. The number of pyridine rings is 1. The van der Waals surface area contributed by atoms with Crippen molar-refractivity contribution in [3.8, 4) is 5.75 Å². The molecule has 0 aliphatic carbocycles. The van der Waals surface area contributed by atoms with Gasteiger partial charge < -0.3 is 4.74 Å². The van der Waals surface area contributed by atoms with Gasteiger partial charge in [0, 0.05) is 18.5 Å². The van der Waals surface area contributed by atoms with Crippen LogP contribution in [0.3, 0.4) is 0 Å². The highest BCUT2D eigenvalue weighted by Gasteiger charge is 2.16. The Morgan fingerprint density at radius 2 is 1.96 bits per heavy atom. The number of amides is 2. The quantitative estimate of drug-likeness (QED) is 0.647. The van der Waals surface area contributed by atoms with E-state index in [0.717, 1.165) is 16.7 Å². The van der Waals surface area contributed by atoms with Crippen molar-refractivity contribution in [2.45, 2.75) is 26.9 Å². The molecule has 0 fully saturated rings. The first-order chi connectivity index (χ1) is 12.0. The van der Waals surface area contributed by atoms with E-state index in [-0.39, 0.29) is 0 Å². The second-order valence-electron chi connectivity index (χ2n) is 5.56. The van der Waals surface area contributed by atoms with Crippen molar-refractivity contribution in [1.29, 1.82) is 0 Å². The lowest BCUT2D eigenvalue weighted by Crippen LogP contribution is -2.46. The van der Waals surface area contributed by atoms with Crippen LogP contribution in [0.2, 0.25) is 0 Å². The largest absolute Gasteiger partial charge is 0.481 e. The molecule has 0 saturated carbocycles. The molecule has 1 unspecified atom stereocenters. The molecule has 25 heavy (non-hydrogen) atoms. The van der Waals surface area contributed by atoms with Crippen LogP contribution in [-0.2, 0) is 9.59 Å². The number of carbonyl (C=O) groups excluding carboxylic acids is 2. The Labute approximate surface area is 146 Å². The van der Waals surface area contributed by atoms with Crippen molar-refractivity contribution >= 4 is 17.9 Å². The van der Waals surface area contributed by atoms with E-state index in [9.17, 15) is 9.59 Å². The van der Waals surface area contributed by atoms with Crippen molar-refractivity contribution in [2.24, 2.45) is 0 Å². The SMILES string of the molecule is Cc1cccc(OC(C)C(=O)NNC(=O)/C=C/c2cccnc2)c1C. The Hall–Kier alpha value is -3.15. The second-order valence-corrected chi connectivity index (χ2v) is 5.56. The molecule has 130 valence electrons. The molecule has 6 heteroatoms. The zero-order valence-electron chi connectivity index (χ0n) is 14.4. The predicted molar refractivity (Wildman–Crippen MR) is 95.6 cm³/mol. The van der Waals surface area contributed by atoms with Crippen LogP contribution in [-0.4, -0.2) is 22.9 Å². The minimum atomic E-state index is -0.747. The Bertz CT molecular complexity index is 773. The topological polar surface area (TPSA) is 80.3 Å². The van der Waals surface area contributed by atoms with Gasteiger partial charge in [-0.1, -0.05) is 18.2 Å². The number of nitrogens with one attached hydrogen (secondary N) is 2. The van der Waals surface area contributed by atoms with Crippen molar-refractivity contribution in [1.82, 2.24) is 15.8 Å². The number of ether oxygens (including phenoxy) is 1. The Morgan fingerprint density at radius 3 is 2.68 bits per heavy atom. The third kappa shape index (κ3) is 5.46. The normalized spacial score (nSPS) is 11.8. The summed E-state index contributed by atoms with van der Waals surface area (Å²) in [6.45, 7) is 5.52. The van der Waals surface area contributed by atoms with Gasteiger partial charge in [0.1, 0.15) is 5.75 Å². The van der Waals surface area contributed by atoms with E-state index in [4.69, 9.17) is 4.74 Å². The maximum atomic E-state index is 12.0. The van der Waals surface area contributed by atoms with Crippen LogP contribution in [0.5, 0.6) is 5.75 Å². The summed E-state index contributed by atoms with van der Waals surface area (Å²) in [4.78, 5) is 27.7. The van der Waals surface area contributed by atoms with Crippen molar-refractivity contribution in [3.63, 3.8) is 0 Å². The minimum Gasteiger partial charge on any atom is -0.481 e. The fraction of sp³-hybridized carbons (Fsp3) is 0.211. The Balaban J connectivity index is 1.84. The van der Waals surface area contributed by atoms with Crippen LogP contribution in [0, 0.1) is 13.8 Å². The average molecular weight is 339 g/mol. The molecule has 2 rings (SSSR count). The van der Waals surface area contributed by atoms with Gasteiger partial charge in [0.05, 0.1) is 0 Å². The Kier molecular flexibility index (Phi) is 6.28. The van der Waals surface area contributed by atoms with Gasteiger partial charge in [-0.05, 0) is 55.7 Å². The summed E-state index contributed by atoms with van der Waals surface area (Å²) in [5.74, 6) is -0.245. The molecule has 1 heterocycles. The summed E-state index contributed by atoms with van der Waals surface area (Å²) < 4.78 is 5.66. The van der Waals surface area contributed by atoms with Crippen LogP contribution in [0.1, 0.15) is 23.6 Å². The standard InChI is InChI=1S/C19H21N3O3/c1-13-6-4-8-17(14(13)2)25-15(3)19(24)22-21-18(23)10-9-16-7-5-11-20-12-16/h4-12,15H,1-3H3,(H,21,23)(H,22,24)/b10-9+. The number of rotatable bonds is 5. The smallest absolute Gasteiger partial charge is 0.279 e. The molecule has 0 bridgehead atoms. The summed E-state index contributed by atoms with van der Waals surface area (Å²) in [6, 6.07) is 9.23. The highest BCUT2D eigenvalue weighted by Crippen LogP contribution is 2.21. The lowest BCUT2D eigenvalue weighted by molar-refractivity contribution is -0.131. The number of benzene rings is 1. The molecular weight excluding hydrogens is 318 g/mol. The Morgan fingerprint density at radius 1 is 1.16 bits per heavy atom. The number of aromatic nitrogens is 1. The number of hydrazine groups is 1. The van der Waals surface area contributed by atoms with Crippen LogP contribution in [0.4, 0.5) is 0 Å². The average Bonchev–Trinajstić information content (AvgIpc) is 2.62. The van der Waals surface area contributed by atoms with Crippen molar-refractivity contribution in [3.05, 3.63) is 65.5 Å². The lowest BCUT2D eigenvalue weighted by atomic mass is 10.1. The maximum absolute atomic E-state index is 12.0. The van der Waals surface area contributed by atoms with E-state index in [2.05, 4.69) is 15.8 Å². The van der Waals surface area contributed by atoms with Gasteiger partial charge >= 0.3 is 0 Å². The van der Waals surface area contributed by atoms with E-state index >= 15 is 0 Å². The van der Waals surface area contributed by atoms with E-state index in [1.54, 1.807) is 37.5 Å². The van der Waals surface area contributed by atoms with Crippen molar-refractivity contribution in [2.75, 3.05) is 0 Å². The third-order valence-corrected chi connectivity index (χ3v) is 3.65. The van der Waals surface area contributed by atoms with Crippen LogP contribution >= 0.6 is 0 Å². The highest BCUT2D eigenvalue weighted by atomic mass is 16.5. The van der Waals surface area contributed by atoms with Crippen molar-refractivity contribution < 1.29 is 14.3 Å². The zero-order valence-corrected chi connectivity index (χ0v) is 14.4. The lowest BCUT2D eigenvalue weighted by Gasteiger charge is -2.17. The number of aryl methyl sites for hydroxylation is 1. The highest BCUT2D eigenvalue weighted by molar-refractivity contribution is 5.93. The fourth-order valence-electron chi connectivity index (χ4n) is 2.01. The van der Waals surface area contributed by atoms with Gasteiger partial charge in [0.15, 0.2) is 6.10 Å². The second kappa shape index (κ2) is 8.63. The molecule has 0 spiro atoms. The third-order valence-electron chi connectivity index (χ3n) is 3.65. The van der Waals surface area contributed by atoms with Gasteiger partial charge in [0.25, 0.3) is 11.8 Å². The molecule has 6 nitrogen and oxygen atoms in total. The molecule has 1 aromatic carbocycles. The minimum absolute atomic E-state index is 0.441. The molecule has 0 saturated heterocycles. The van der Waals surface area contributed by atoms with E-state index < -0.39 is 17.9 Å². The summed E-state index contributed by atoms with van der Waals surface area (Å²) >= 11 is 0. The molecule has 2 aromatic rings. The van der Waals surface area contributed by atoms with E-state index in [1.165, 1.54) is 6.08 Å². The van der Waals surface area contributed by atoms with Crippen LogP contribution in [0.25, 0.3) is 6.08 Å². The molecule has 2 amide bonds. The molecule has 2 N–H and O–H groups in total. The zero-order chi connectivity index (χ0) is 18.2. The van der Waals surface area contributed by atoms with E-state index in [1.807, 2.05) is 32.0 Å². The summed E-state index contributed by atoms with van der Waals surface area (Å²) in [6.07, 6.45) is 5.44.